The number of allylic oxidation sites excluding steroid dienone is 1. The van der Waals surface area contributed by atoms with Crippen LogP contribution in [0.3, 0.4) is 0 Å². The Balaban J connectivity index is 1.93. The zero-order valence-corrected chi connectivity index (χ0v) is 18.0. The minimum atomic E-state index is -1.25. The van der Waals surface area contributed by atoms with Gasteiger partial charge in [0.1, 0.15) is 5.82 Å². The summed E-state index contributed by atoms with van der Waals surface area (Å²) in [5.74, 6) is -1.64. The molecule has 160 valence electrons. The van der Waals surface area contributed by atoms with Crippen LogP contribution in [-0.2, 0) is 4.79 Å². The number of aromatic amines is 1. The third kappa shape index (κ3) is 4.48. The van der Waals surface area contributed by atoms with Crippen molar-refractivity contribution in [3.8, 4) is 0 Å². The van der Waals surface area contributed by atoms with Crippen molar-refractivity contribution >= 4 is 45.7 Å². The fraction of sp³-hybridized carbons (Fsp3) is 0.0769. The topological polar surface area (TPSA) is 68.8 Å². The van der Waals surface area contributed by atoms with Crippen molar-refractivity contribution in [1.29, 1.82) is 0 Å². The van der Waals surface area contributed by atoms with Gasteiger partial charge in [0.05, 0.1) is 22.7 Å². The first-order valence-corrected chi connectivity index (χ1v) is 10.5. The average molecular weight is 446 g/mol. The number of carbonyl (C=O) groups excluding carboxylic acids is 1. The largest absolute Gasteiger partial charge is 0.545 e. The smallest absolute Gasteiger partial charge is 0.124 e. The number of benzene rings is 3. The monoisotopic (exact) mass is 445 g/mol. The van der Waals surface area contributed by atoms with E-state index >= 15 is 0 Å². The molecule has 0 spiro atoms. The molecule has 0 atom stereocenters. The van der Waals surface area contributed by atoms with Crippen LogP contribution in [0.25, 0.3) is 28.1 Å². The highest BCUT2D eigenvalue weighted by atomic mass is 35.5. The molecule has 1 aromatic heterocycles. The summed E-state index contributed by atoms with van der Waals surface area (Å²) in [4.78, 5) is 10.7. The van der Waals surface area contributed by atoms with E-state index in [0.29, 0.717) is 11.4 Å². The molecule has 4 aromatic rings. The number of carbonyl (C=O) groups is 1. The molecule has 0 saturated carbocycles. The van der Waals surface area contributed by atoms with Crippen LogP contribution < -0.4 is 5.11 Å². The van der Waals surface area contributed by atoms with Crippen LogP contribution in [0.2, 0.25) is 5.02 Å². The van der Waals surface area contributed by atoms with Gasteiger partial charge in [0.25, 0.3) is 0 Å². The summed E-state index contributed by atoms with van der Waals surface area (Å²) in [7, 11) is 0. The van der Waals surface area contributed by atoms with E-state index in [9.17, 15) is 14.3 Å². The van der Waals surface area contributed by atoms with E-state index in [-0.39, 0.29) is 5.82 Å². The summed E-state index contributed by atoms with van der Waals surface area (Å²) < 4.78 is 13.7. The lowest BCUT2D eigenvalue weighted by Gasteiger charge is -2.18. The minimum absolute atomic E-state index is 0.345. The van der Waals surface area contributed by atoms with Crippen LogP contribution >= 0.6 is 11.6 Å². The van der Waals surface area contributed by atoms with Crippen molar-refractivity contribution < 1.29 is 14.3 Å². The van der Waals surface area contributed by atoms with Gasteiger partial charge in [-0.2, -0.15) is 5.10 Å². The van der Waals surface area contributed by atoms with Gasteiger partial charge in [-0.3, -0.25) is 5.10 Å². The van der Waals surface area contributed by atoms with Crippen LogP contribution in [0.1, 0.15) is 35.6 Å². The number of hydrogen-bond donors (Lipinski definition) is 1. The predicted octanol–water partition coefficient (Wildman–Crippen LogP) is 5.49. The van der Waals surface area contributed by atoms with Gasteiger partial charge < -0.3 is 9.90 Å². The lowest BCUT2D eigenvalue weighted by atomic mass is 9.87. The van der Waals surface area contributed by atoms with Crippen LogP contribution in [0.4, 0.5) is 4.39 Å². The molecular formula is C26H19ClFN2O2-. The molecule has 1 heterocycles. The summed E-state index contributed by atoms with van der Waals surface area (Å²) in [6, 6.07) is 18.0. The van der Waals surface area contributed by atoms with Crippen molar-refractivity contribution in [2.24, 2.45) is 0 Å². The van der Waals surface area contributed by atoms with Gasteiger partial charge in [-0.15, -0.1) is 0 Å². The van der Waals surface area contributed by atoms with E-state index < -0.39 is 5.97 Å². The number of carboxylic acids is 1. The van der Waals surface area contributed by atoms with Gasteiger partial charge in [-0.25, -0.2) is 4.39 Å². The van der Waals surface area contributed by atoms with Crippen LogP contribution in [0.15, 0.2) is 72.9 Å². The van der Waals surface area contributed by atoms with Crippen molar-refractivity contribution in [2.45, 2.75) is 13.3 Å². The standard InChI is InChI=1S/C26H20ClFN2O2/c1-2-21(22-10-9-20(28)14-23(22)27)26(18-8-11-24-19(13-18)15-29-30-24)17-6-3-16(4-7-17)5-12-25(31)32/h3-15H,2H2,1H3,(H,29,30)(H,31,32)/p-1/b12-5+,26-21+. The van der Waals surface area contributed by atoms with Crippen molar-refractivity contribution in [2.75, 3.05) is 0 Å². The Morgan fingerprint density at radius 2 is 1.84 bits per heavy atom. The zero-order valence-electron chi connectivity index (χ0n) is 17.2. The van der Waals surface area contributed by atoms with Crippen LogP contribution in [0.5, 0.6) is 0 Å². The number of nitrogens with one attached hydrogen (secondary N) is 1. The first-order valence-electron chi connectivity index (χ1n) is 10.1. The molecule has 4 nitrogen and oxygen atoms in total. The second kappa shape index (κ2) is 9.20. The highest BCUT2D eigenvalue weighted by Crippen LogP contribution is 2.38. The Hall–Kier alpha value is -3.70. The number of H-pyrrole nitrogens is 1. The lowest BCUT2D eigenvalue weighted by Crippen LogP contribution is -2.18. The first kappa shape index (κ1) is 21.5. The van der Waals surface area contributed by atoms with Crippen molar-refractivity contribution in [3.05, 3.63) is 106 Å². The Labute approximate surface area is 189 Å². The Kier molecular flexibility index (Phi) is 6.19. The van der Waals surface area contributed by atoms with E-state index in [0.717, 1.165) is 50.4 Å². The fourth-order valence-electron chi connectivity index (χ4n) is 3.77. The van der Waals surface area contributed by atoms with Crippen molar-refractivity contribution in [3.63, 3.8) is 0 Å². The van der Waals surface area contributed by atoms with E-state index in [1.54, 1.807) is 12.3 Å². The van der Waals surface area contributed by atoms with Gasteiger partial charge in [0, 0.05) is 5.39 Å². The quantitative estimate of drug-likeness (QED) is 0.315. The second-order valence-corrected chi connectivity index (χ2v) is 7.68. The number of aliphatic carboxylic acids is 1. The number of carboxylic acid groups (broad SMARTS) is 1. The Bertz CT molecular complexity index is 1350. The molecule has 0 aliphatic carbocycles. The molecular weight excluding hydrogens is 427 g/mol. The number of nitrogens with zero attached hydrogens (tertiary/aromatic N) is 1. The molecule has 0 aliphatic rings. The fourth-order valence-corrected chi connectivity index (χ4v) is 4.06. The maximum Gasteiger partial charge on any atom is 0.124 e. The maximum atomic E-state index is 13.7. The summed E-state index contributed by atoms with van der Waals surface area (Å²) in [6.45, 7) is 2.03. The van der Waals surface area contributed by atoms with Gasteiger partial charge in [0.2, 0.25) is 0 Å². The van der Waals surface area contributed by atoms with Gasteiger partial charge in [0.15, 0.2) is 0 Å². The molecule has 0 bridgehead atoms. The second-order valence-electron chi connectivity index (χ2n) is 7.28. The molecule has 3 aromatic carbocycles. The van der Waals surface area contributed by atoms with E-state index in [4.69, 9.17) is 11.6 Å². The lowest BCUT2D eigenvalue weighted by molar-refractivity contribution is -0.297. The summed E-state index contributed by atoms with van der Waals surface area (Å²) in [5.41, 5.74) is 6.24. The van der Waals surface area contributed by atoms with Gasteiger partial charge >= 0.3 is 0 Å². The Morgan fingerprint density at radius 1 is 1.09 bits per heavy atom. The number of halogens is 2. The molecule has 0 fully saturated rings. The predicted molar refractivity (Wildman–Crippen MR) is 124 cm³/mol. The summed E-state index contributed by atoms with van der Waals surface area (Å²) in [6.07, 6.45) is 4.91. The average Bonchev–Trinajstić information content (AvgIpc) is 3.25. The maximum absolute atomic E-state index is 13.7. The van der Waals surface area contributed by atoms with Crippen LogP contribution in [0, 0.1) is 5.82 Å². The van der Waals surface area contributed by atoms with E-state index in [2.05, 4.69) is 10.2 Å². The third-order valence-corrected chi connectivity index (χ3v) is 5.56. The molecule has 0 radical (unpaired) electrons. The van der Waals surface area contributed by atoms with Crippen LogP contribution in [-0.4, -0.2) is 16.2 Å². The van der Waals surface area contributed by atoms with Crippen molar-refractivity contribution in [1.82, 2.24) is 10.2 Å². The molecule has 0 saturated heterocycles. The normalized spacial score (nSPS) is 12.3. The van der Waals surface area contributed by atoms with E-state index in [1.165, 1.54) is 18.2 Å². The molecule has 0 amide bonds. The highest BCUT2D eigenvalue weighted by Gasteiger charge is 2.16. The highest BCUT2D eigenvalue weighted by molar-refractivity contribution is 6.32. The third-order valence-electron chi connectivity index (χ3n) is 5.25. The minimum Gasteiger partial charge on any atom is -0.545 e. The van der Waals surface area contributed by atoms with E-state index in [1.807, 2.05) is 49.4 Å². The summed E-state index contributed by atoms with van der Waals surface area (Å²) >= 11 is 6.44. The SMILES string of the molecule is CC/C(=C(/c1ccc(/C=C/C(=O)[O-])cc1)c1ccc2[nH]ncc2c1)c1ccc(F)cc1Cl. The number of rotatable bonds is 6. The molecule has 4 rings (SSSR count). The zero-order chi connectivity index (χ0) is 22.7. The first-order chi connectivity index (χ1) is 15.5. The summed E-state index contributed by atoms with van der Waals surface area (Å²) in [5, 5.41) is 19.1. The Morgan fingerprint density at radius 3 is 2.53 bits per heavy atom. The molecule has 32 heavy (non-hydrogen) atoms. The molecule has 0 aliphatic heterocycles. The van der Waals surface area contributed by atoms with Gasteiger partial charge in [-0.05, 0) is 70.2 Å². The number of fused-ring (bicyclic) bond motifs is 1. The molecule has 6 heteroatoms. The van der Waals surface area contributed by atoms with Gasteiger partial charge in [-0.1, -0.05) is 61.0 Å². The number of hydrogen-bond acceptors (Lipinski definition) is 3. The molecule has 1 N–H and O–H groups in total. The number of aromatic nitrogens is 2. The molecule has 0 unspecified atom stereocenters.